The average Bonchev–Trinajstić information content (AvgIpc) is 3.29. The number of halogens is 3. The zero-order valence-electron chi connectivity index (χ0n) is 22.7. The number of rotatable bonds is 6. The molecule has 2 aliphatic rings. The molecule has 2 aliphatic heterocycles. The SMILES string of the molecule is CC(=O)c1cn(CC(=O)N2[C@H](C(=O)Nc3nc(Br)ccc3C)C[C@@]3(C)[I-][C@@H]23)c2cc(F)c(-c3cnc(C)nc3)cc12. The molecule has 12 heteroatoms. The molecule has 4 aromatic rings. The second-order valence-corrected chi connectivity index (χ2v) is 15.7. The molecule has 5 heterocycles. The first-order valence-corrected chi connectivity index (χ1v) is 16.1. The van der Waals surface area contributed by atoms with E-state index in [1.165, 1.54) is 13.0 Å². The first kappa shape index (κ1) is 27.9. The van der Waals surface area contributed by atoms with Crippen LogP contribution in [0.1, 0.15) is 42.0 Å². The number of anilines is 1. The predicted molar refractivity (Wildman–Crippen MR) is 150 cm³/mol. The van der Waals surface area contributed by atoms with Crippen molar-refractivity contribution >= 4 is 50.2 Å². The van der Waals surface area contributed by atoms with Gasteiger partial charge in [0.25, 0.3) is 0 Å². The molecule has 2 saturated heterocycles. The Morgan fingerprint density at radius 1 is 1.20 bits per heavy atom. The minimum absolute atomic E-state index is 0.0172. The number of ketones is 1. The van der Waals surface area contributed by atoms with Crippen molar-refractivity contribution in [1.29, 1.82) is 0 Å². The van der Waals surface area contributed by atoms with E-state index in [0.717, 1.165) is 5.56 Å². The third-order valence-electron chi connectivity index (χ3n) is 7.61. The molecule has 0 bridgehead atoms. The molecule has 2 amide bonds. The zero-order chi connectivity index (χ0) is 29.2. The van der Waals surface area contributed by atoms with Crippen LogP contribution in [0.5, 0.6) is 0 Å². The Hall–Kier alpha value is -3.26. The third kappa shape index (κ3) is 5.05. The molecule has 9 nitrogen and oxygen atoms in total. The molecule has 2 fully saturated rings. The molecule has 3 aromatic heterocycles. The van der Waals surface area contributed by atoms with Crippen LogP contribution in [-0.2, 0) is 16.1 Å². The van der Waals surface area contributed by atoms with Crippen LogP contribution in [0.3, 0.4) is 0 Å². The average molecular weight is 732 g/mol. The van der Waals surface area contributed by atoms with Gasteiger partial charge in [-0.15, -0.1) is 0 Å². The van der Waals surface area contributed by atoms with E-state index >= 15 is 4.39 Å². The van der Waals surface area contributed by atoms with Crippen molar-refractivity contribution < 1.29 is 40.0 Å². The molecule has 212 valence electrons. The number of nitrogens with zero attached hydrogens (tertiary/aromatic N) is 5. The standard InChI is InChI=1S/C29H26BrFIN6O3/c1-14-5-6-24(30)35-26(14)36-27(41)23-9-29(4)28(32-29)38(23)25(40)13-37-12-20(15(2)39)19-7-18(21(31)8-22(19)37)17-10-33-16(3)34-11-17/h5-8,10-12,23,28H,9,13H2,1-4H3,(H,35,36,41)/q-1/t23-,28-,29+/m0/s1. The second kappa shape index (κ2) is 10.2. The van der Waals surface area contributed by atoms with Gasteiger partial charge in [-0.3, -0.25) is 0 Å². The third-order valence-corrected chi connectivity index (χ3v) is 12.4. The Morgan fingerprint density at radius 2 is 1.93 bits per heavy atom. The van der Waals surface area contributed by atoms with E-state index in [2.05, 4.69) is 43.1 Å². The molecule has 41 heavy (non-hydrogen) atoms. The number of alkyl halides is 2. The Kier molecular flexibility index (Phi) is 6.96. The van der Waals surface area contributed by atoms with Crippen molar-refractivity contribution in [3.63, 3.8) is 0 Å². The number of pyridine rings is 1. The molecule has 1 N–H and O–H groups in total. The number of aromatic nitrogens is 4. The molecule has 0 radical (unpaired) electrons. The number of aryl methyl sites for hydroxylation is 2. The summed E-state index contributed by atoms with van der Waals surface area (Å²) in [6.07, 6.45) is 5.28. The molecular formula is C29H26BrFIN6O3-. The normalized spacial score (nSPS) is 21.4. The van der Waals surface area contributed by atoms with Gasteiger partial charge in [0.05, 0.1) is 0 Å². The van der Waals surface area contributed by atoms with E-state index in [-0.39, 0.29) is 58.4 Å². The summed E-state index contributed by atoms with van der Waals surface area (Å²) in [4.78, 5) is 54.3. The number of amides is 2. The Labute approximate surface area is 254 Å². The van der Waals surface area contributed by atoms with Crippen LogP contribution >= 0.6 is 15.9 Å². The van der Waals surface area contributed by atoms with Gasteiger partial charge in [0.1, 0.15) is 5.82 Å². The summed E-state index contributed by atoms with van der Waals surface area (Å²) in [5.41, 5.74) is 2.40. The van der Waals surface area contributed by atoms with Crippen molar-refractivity contribution in [2.45, 2.75) is 54.2 Å². The van der Waals surface area contributed by atoms with E-state index in [1.807, 2.05) is 13.0 Å². The second-order valence-electron chi connectivity index (χ2n) is 10.6. The number of carbonyl (C=O) groups excluding carboxylic acids is 3. The summed E-state index contributed by atoms with van der Waals surface area (Å²) >= 11 is 3.07. The Morgan fingerprint density at radius 3 is 2.63 bits per heavy atom. The van der Waals surface area contributed by atoms with Crippen molar-refractivity contribution in [2.24, 2.45) is 0 Å². The van der Waals surface area contributed by atoms with Crippen molar-refractivity contribution in [3.05, 3.63) is 70.2 Å². The molecular weight excluding hydrogens is 706 g/mol. The number of nitrogens with one attached hydrogen (secondary N) is 1. The van der Waals surface area contributed by atoms with Crippen LogP contribution in [0.2, 0.25) is 0 Å². The molecule has 0 saturated carbocycles. The first-order chi connectivity index (χ1) is 19.4. The Bertz CT molecular complexity index is 1760. The number of benzene rings is 1. The van der Waals surface area contributed by atoms with Crippen molar-refractivity contribution in [1.82, 2.24) is 24.4 Å². The molecule has 0 unspecified atom stereocenters. The van der Waals surface area contributed by atoms with Gasteiger partial charge in [-0.1, -0.05) is 0 Å². The fourth-order valence-electron chi connectivity index (χ4n) is 5.38. The number of likely N-dealkylation sites (tertiary alicyclic amines) is 1. The van der Waals surface area contributed by atoms with Crippen LogP contribution in [0.25, 0.3) is 22.0 Å². The van der Waals surface area contributed by atoms with Crippen LogP contribution in [-0.4, -0.2) is 55.5 Å². The molecule has 0 aliphatic carbocycles. The van der Waals surface area contributed by atoms with E-state index in [4.69, 9.17) is 0 Å². The summed E-state index contributed by atoms with van der Waals surface area (Å²) in [6.45, 7) is 7.05. The fraction of sp³-hybridized carbons (Fsp3) is 0.310. The van der Waals surface area contributed by atoms with Gasteiger partial charge in [-0.25, -0.2) is 0 Å². The maximum atomic E-state index is 15.4. The summed E-state index contributed by atoms with van der Waals surface area (Å²) in [5, 5.41) is 3.45. The van der Waals surface area contributed by atoms with Gasteiger partial charge in [-0.2, -0.15) is 0 Å². The van der Waals surface area contributed by atoms with Crippen LogP contribution in [0.15, 0.2) is 47.5 Å². The zero-order valence-corrected chi connectivity index (χ0v) is 26.4. The fourth-order valence-corrected chi connectivity index (χ4v) is 9.08. The monoisotopic (exact) mass is 731 g/mol. The van der Waals surface area contributed by atoms with Gasteiger partial charge >= 0.3 is 243 Å². The molecule has 3 atom stereocenters. The Balaban J connectivity index is 1.31. The number of Topliss-reactive ketones (excluding diaryl/α,β-unsaturated/α-hetero) is 1. The van der Waals surface area contributed by atoms with Crippen molar-refractivity contribution in [2.75, 3.05) is 5.32 Å². The van der Waals surface area contributed by atoms with Crippen LogP contribution in [0.4, 0.5) is 10.2 Å². The van der Waals surface area contributed by atoms with Gasteiger partial charge in [0, 0.05) is 0 Å². The van der Waals surface area contributed by atoms with Gasteiger partial charge in [0.2, 0.25) is 0 Å². The van der Waals surface area contributed by atoms with Gasteiger partial charge in [-0.05, 0) is 6.92 Å². The quantitative estimate of drug-likeness (QED) is 0.106. The van der Waals surface area contributed by atoms with E-state index in [1.54, 1.807) is 47.1 Å². The number of carbonyl (C=O) groups is 3. The summed E-state index contributed by atoms with van der Waals surface area (Å²) in [5.74, 6) is -0.209. The van der Waals surface area contributed by atoms with Crippen molar-refractivity contribution in [3.8, 4) is 11.1 Å². The predicted octanol–water partition coefficient (Wildman–Crippen LogP) is 1.64. The molecule has 0 spiro atoms. The van der Waals surface area contributed by atoms with Gasteiger partial charge < -0.3 is 0 Å². The van der Waals surface area contributed by atoms with E-state index in [9.17, 15) is 14.4 Å². The number of hydrogen-bond donors (Lipinski definition) is 1. The summed E-state index contributed by atoms with van der Waals surface area (Å²) in [6, 6.07) is 5.97. The number of fused-ring (bicyclic) bond motifs is 2. The molecule has 6 rings (SSSR count). The minimum atomic E-state index is -0.634. The topological polar surface area (TPSA) is 110 Å². The van der Waals surface area contributed by atoms with Crippen LogP contribution < -0.4 is 26.5 Å². The molecule has 1 aromatic carbocycles. The van der Waals surface area contributed by atoms with E-state index in [0.29, 0.717) is 44.7 Å². The first-order valence-electron chi connectivity index (χ1n) is 13.0. The summed E-state index contributed by atoms with van der Waals surface area (Å²) < 4.78 is 17.6. The maximum absolute atomic E-state index is 15.4. The summed E-state index contributed by atoms with van der Waals surface area (Å²) in [7, 11) is 0. The number of hydrogen-bond acceptors (Lipinski definition) is 6. The van der Waals surface area contributed by atoms with Crippen LogP contribution in [0, 0.1) is 19.7 Å². The van der Waals surface area contributed by atoms with E-state index < -0.39 is 11.9 Å². The van der Waals surface area contributed by atoms with Gasteiger partial charge in [0.15, 0.2) is 0 Å².